The third-order valence-electron chi connectivity index (χ3n) is 4.46. The van der Waals surface area contributed by atoms with E-state index in [0.29, 0.717) is 49.4 Å². The van der Waals surface area contributed by atoms with Crippen molar-refractivity contribution in [2.45, 2.75) is 5.16 Å². The molecule has 1 aromatic heterocycles. The first-order valence-corrected chi connectivity index (χ1v) is 10.8. The number of carbonyl (C=O) groups excluding carboxylic acids is 1. The summed E-state index contributed by atoms with van der Waals surface area (Å²) in [4.78, 5) is 27.6. The summed E-state index contributed by atoms with van der Waals surface area (Å²) < 4.78 is 32.2. The van der Waals surface area contributed by atoms with E-state index in [4.69, 9.17) is 4.74 Å². The summed E-state index contributed by atoms with van der Waals surface area (Å²) in [5.41, 5.74) is 0.722. The van der Waals surface area contributed by atoms with E-state index in [1.54, 1.807) is 0 Å². The molecule has 2 heterocycles. The third-order valence-corrected chi connectivity index (χ3v) is 5.31. The van der Waals surface area contributed by atoms with E-state index in [2.05, 4.69) is 25.6 Å². The first-order chi connectivity index (χ1) is 15.6. The van der Waals surface area contributed by atoms with E-state index in [9.17, 15) is 13.6 Å². The highest BCUT2D eigenvalue weighted by molar-refractivity contribution is 7.99. The van der Waals surface area contributed by atoms with Crippen LogP contribution in [0.3, 0.4) is 0 Å². The highest BCUT2D eigenvalue weighted by atomic mass is 32.2. The van der Waals surface area contributed by atoms with Crippen LogP contribution in [0.15, 0.2) is 53.7 Å². The fourth-order valence-electron chi connectivity index (χ4n) is 2.93. The van der Waals surface area contributed by atoms with E-state index < -0.39 is 17.5 Å². The quantitative estimate of drug-likeness (QED) is 0.520. The molecule has 1 fully saturated rings. The molecule has 4 rings (SSSR count). The molecule has 1 amide bonds. The average molecular weight is 458 g/mol. The minimum atomic E-state index is -0.840. The smallest absolute Gasteiger partial charge is 0.234 e. The van der Waals surface area contributed by atoms with E-state index in [1.165, 1.54) is 6.07 Å². The molecule has 1 aliphatic rings. The lowest BCUT2D eigenvalue weighted by atomic mass is 10.3. The van der Waals surface area contributed by atoms with Crippen LogP contribution in [-0.2, 0) is 9.53 Å². The Labute approximate surface area is 187 Å². The van der Waals surface area contributed by atoms with E-state index in [0.717, 1.165) is 23.5 Å². The van der Waals surface area contributed by atoms with Gasteiger partial charge in [0.25, 0.3) is 0 Å². The lowest BCUT2D eigenvalue weighted by Gasteiger charge is -2.27. The highest BCUT2D eigenvalue weighted by Crippen LogP contribution is 2.22. The normalized spacial score (nSPS) is 13.6. The molecular weight excluding hydrogens is 438 g/mol. The van der Waals surface area contributed by atoms with Gasteiger partial charge < -0.3 is 20.3 Å². The number of thioether (sulfide) groups is 1. The van der Waals surface area contributed by atoms with Gasteiger partial charge in [-0.3, -0.25) is 4.79 Å². The number of anilines is 4. The summed E-state index contributed by atoms with van der Waals surface area (Å²) in [5, 5.41) is 5.91. The number of morpholine rings is 1. The number of hydrogen-bond acceptors (Lipinski definition) is 8. The molecule has 32 heavy (non-hydrogen) atoms. The molecule has 0 unspecified atom stereocenters. The van der Waals surface area contributed by atoms with Crippen molar-refractivity contribution in [3.8, 4) is 0 Å². The lowest BCUT2D eigenvalue weighted by Crippen LogP contribution is -2.37. The van der Waals surface area contributed by atoms with Crippen molar-refractivity contribution in [1.82, 2.24) is 15.0 Å². The Morgan fingerprint density at radius 2 is 1.84 bits per heavy atom. The number of aromatic nitrogens is 3. The van der Waals surface area contributed by atoms with Gasteiger partial charge in [0.15, 0.2) is 5.16 Å². The molecule has 11 heteroatoms. The summed E-state index contributed by atoms with van der Waals surface area (Å²) in [6, 6.07) is 12.4. The summed E-state index contributed by atoms with van der Waals surface area (Å²) in [6.45, 7) is 2.43. The standard InChI is InChI=1S/C21H20F2N6O2S/c22-14-6-7-17(16(23)12-14)25-18(30)13-32-21-27-19(24-15-4-2-1-3-5-15)26-20(28-21)29-8-10-31-11-9-29/h1-7,12H,8-11,13H2,(H,25,30)(H,24,26,27,28). The van der Waals surface area contributed by atoms with Crippen LogP contribution in [0.1, 0.15) is 0 Å². The van der Waals surface area contributed by atoms with Gasteiger partial charge in [-0.05, 0) is 24.3 Å². The van der Waals surface area contributed by atoms with Crippen molar-refractivity contribution in [1.29, 1.82) is 0 Å². The summed E-state index contributed by atoms with van der Waals surface area (Å²) >= 11 is 1.09. The van der Waals surface area contributed by atoms with Gasteiger partial charge >= 0.3 is 0 Å². The molecule has 0 saturated carbocycles. The second-order valence-corrected chi connectivity index (χ2v) is 7.74. The van der Waals surface area contributed by atoms with Crippen LogP contribution in [-0.4, -0.2) is 52.9 Å². The van der Waals surface area contributed by atoms with Crippen molar-refractivity contribution in [2.75, 3.05) is 47.6 Å². The van der Waals surface area contributed by atoms with Gasteiger partial charge in [0.05, 0.1) is 24.7 Å². The van der Waals surface area contributed by atoms with Crippen molar-refractivity contribution in [2.24, 2.45) is 0 Å². The van der Waals surface area contributed by atoms with Gasteiger partial charge in [-0.2, -0.15) is 15.0 Å². The molecule has 0 radical (unpaired) electrons. The van der Waals surface area contributed by atoms with Gasteiger partial charge in [0, 0.05) is 24.8 Å². The number of ether oxygens (including phenoxy) is 1. The van der Waals surface area contributed by atoms with Gasteiger partial charge in [0.1, 0.15) is 11.6 Å². The van der Waals surface area contributed by atoms with Crippen molar-refractivity contribution in [3.05, 3.63) is 60.2 Å². The van der Waals surface area contributed by atoms with E-state index >= 15 is 0 Å². The first kappa shape index (κ1) is 21.9. The van der Waals surface area contributed by atoms with Crippen LogP contribution in [0.4, 0.5) is 32.1 Å². The number of nitrogens with zero attached hydrogens (tertiary/aromatic N) is 4. The van der Waals surface area contributed by atoms with Gasteiger partial charge in [0.2, 0.25) is 17.8 Å². The molecule has 0 aliphatic carbocycles. The van der Waals surface area contributed by atoms with Crippen molar-refractivity contribution < 1.29 is 18.3 Å². The fraction of sp³-hybridized carbons (Fsp3) is 0.238. The van der Waals surface area contributed by atoms with Crippen LogP contribution in [0.2, 0.25) is 0 Å². The predicted molar refractivity (Wildman–Crippen MR) is 118 cm³/mol. The van der Waals surface area contributed by atoms with Gasteiger partial charge in [-0.15, -0.1) is 0 Å². The number of para-hydroxylation sites is 1. The Kier molecular flexibility index (Phi) is 7.07. The lowest BCUT2D eigenvalue weighted by molar-refractivity contribution is -0.113. The Hall–Kier alpha value is -3.31. The Bertz CT molecular complexity index is 1080. The molecule has 3 aromatic rings. The Balaban J connectivity index is 1.48. The summed E-state index contributed by atoms with van der Waals surface area (Å²) in [6.07, 6.45) is 0. The molecule has 2 aromatic carbocycles. The zero-order valence-electron chi connectivity index (χ0n) is 16.9. The topological polar surface area (TPSA) is 92.3 Å². The Morgan fingerprint density at radius 3 is 2.59 bits per heavy atom. The molecule has 1 saturated heterocycles. The average Bonchev–Trinajstić information content (AvgIpc) is 2.81. The number of rotatable bonds is 7. The predicted octanol–water partition coefficient (Wildman–Crippen LogP) is 3.46. The second-order valence-electron chi connectivity index (χ2n) is 6.79. The molecule has 2 N–H and O–H groups in total. The van der Waals surface area contributed by atoms with Crippen LogP contribution in [0, 0.1) is 11.6 Å². The summed E-state index contributed by atoms with van der Waals surface area (Å²) in [7, 11) is 0. The largest absolute Gasteiger partial charge is 0.378 e. The highest BCUT2D eigenvalue weighted by Gasteiger charge is 2.18. The molecule has 8 nitrogen and oxygen atoms in total. The molecule has 0 bridgehead atoms. The number of halogens is 2. The monoisotopic (exact) mass is 458 g/mol. The zero-order valence-corrected chi connectivity index (χ0v) is 17.7. The number of benzene rings is 2. The van der Waals surface area contributed by atoms with Crippen LogP contribution in [0.5, 0.6) is 0 Å². The first-order valence-electron chi connectivity index (χ1n) is 9.85. The molecule has 0 atom stereocenters. The molecular formula is C21H20F2N6O2S. The molecule has 1 aliphatic heterocycles. The van der Waals surface area contributed by atoms with Gasteiger partial charge in [-0.25, -0.2) is 8.78 Å². The number of carbonyl (C=O) groups is 1. The SMILES string of the molecule is O=C(CSc1nc(Nc2ccccc2)nc(N2CCOCC2)n1)Nc1ccc(F)cc1F. The third kappa shape index (κ3) is 5.89. The van der Waals surface area contributed by atoms with Crippen molar-refractivity contribution >= 4 is 40.9 Å². The fourth-order valence-corrected chi connectivity index (χ4v) is 3.56. The molecule has 0 spiro atoms. The van der Waals surface area contributed by atoms with Crippen molar-refractivity contribution in [3.63, 3.8) is 0 Å². The number of amides is 1. The number of hydrogen-bond donors (Lipinski definition) is 2. The Morgan fingerprint density at radius 1 is 1.06 bits per heavy atom. The van der Waals surface area contributed by atoms with E-state index in [1.807, 2.05) is 35.2 Å². The van der Waals surface area contributed by atoms with E-state index in [-0.39, 0.29) is 11.4 Å². The van der Waals surface area contributed by atoms with Gasteiger partial charge in [-0.1, -0.05) is 30.0 Å². The second kappa shape index (κ2) is 10.3. The van der Waals surface area contributed by atoms with Crippen LogP contribution < -0.4 is 15.5 Å². The zero-order chi connectivity index (χ0) is 22.3. The number of nitrogens with one attached hydrogen (secondary N) is 2. The minimum Gasteiger partial charge on any atom is -0.378 e. The summed E-state index contributed by atoms with van der Waals surface area (Å²) in [5.74, 6) is -1.25. The maximum atomic E-state index is 13.8. The maximum Gasteiger partial charge on any atom is 0.234 e. The minimum absolute atomic E-state index is 0.0614. The maximum absolute atomic E-state index is 13.8. The van der Waals surface area contributed by atoms with Crippen LogP contribution >= 0.6 is 11.8 Å². The van der Waals surface area contributed by atoms with Crippen LogP contribution in [0.25, 0.3) is 0 Å². The molecule has 166 valence electrons.